The highest BCUT2D eigenvalue weighted by molar-refractivity contribution is 5.73. The third kappa shape index (κ3) is 3.67. The predicted molar refractivity (Wildman–Crippen MR) is 73.0 cm³/mol. The summed E-state index contributed by atoms with van der Waals surface area (Å²) in [5, 5.41) is 0. The van der Waals surface area contributed by atoms with Gasteiger partial charge in [0.2, 0.25) is 5.91 Å². The lowest BCUT2D eigenvalue weighted by molar-refractivity contribution is -0.128. The normalized spacial score (nSPS) is 17.3. The van der Waals surface area contributed by atoms with Crippen LogP contribution in [0, 0.1) is 5.82 Å². The third-order valence-corrected chi connectivity index (χ3v) is 3.50. The first-order valence-corrected chi connectivity index (χ1v) is 6.58. The van der Waals surface area contributed by atoms with Gasteiger partial charge in [-0.3, -0.25) is 9.69 Å². The zero-order valence-corrected chi connectivity index (χ0v) is 11.2. The third-order valence-electron chi connectivity index (χ3n) is 3.50. The summed E-state index contributed by atoms with van der Waals surface area (Å²) in [4.78, 5) is 15.4. The van der Waals surface area contributed by atoms with Gasteiger partial charge in [0, 0.05) is 50.9 Å². The summed E-state index contributed by atoms with van der Waals surface area (Å²) in [6, 6.07) is 4.81. The van der Waals surface area contributed by atoms with Crippen molar-refractivity contribution in [1.29, 1.82) is 0 Å². The standard InChI is InChI=1S/C14H20FN3O/c1-11(19)18-6-2-5-17(7-8-18)10-12-3-4-13(16)9-14(12)15/h3-4,9H,2,5-8,10,16H2,1H3. The van der Waals surface area contributed by atoms with Gasteiger partial charge >= 0.3 is 0 Å². The number of nitrogens with zero attached hydrogens (tertiary/aromatic N) is 2. The minimum absolute atomic E-state index is 0.112. The van der Waals surface area contributed by atoms with E-state index in [9.17, 15) is 9.18 Å². The van der Waals surface area contributed by atoms with E-state index in [2.05, 4.69) is 4.90 Å². The van der Waals surface area contributed by atoms with Crippen molar-refractivity contribution in [1.82, 2.24) is 9.80 Å². The van der Waals surface area contributed by atoms with Crippen molar-refractivity contribution in [3.05, 3.63) is 29.6 Å². The highest BCUT2D eigenvalue weighted by Gasteiger charge is 2.17. The second-order valence-corrected chi connectivity index (χ2v) is 4.99. The van der Waals surface area contributed by atoms with E-state index >= 15 is 0 Å². The molecule has 1 heterocycles. The summed E-state index contributed by atoms with van der Waals surface area (Å²) in [6.45, 7) is 5.33. The number of anilines is 1. The van der Waals surface area contributed by atoms with Crippen LogP contribution in [0.25, 0.3) is 0 Å². The van der Waals surface area contributed by atoms with E-state index in [1.165, 1.54) is 6.07 Å². The number of rotatable bonds is 2. The van der Waals surface area contributed by atoms with E-state index in [0.29, 0.717) is 24.3 Å². The molecule has 1 aromatic carbocycles. The number of nitrogen functional groups attached to an aromatic ring is 1. The van der Waals surface area contributed by atoms with Gasteiger partial charge in [0.05, 0.1) is 0 Å². The topological polar surface area (TPSA) is 49.6 Å². The largest absolute Gasteiger partial charge is 0.399 e. The van der Waals surface area contributed by atoms with E-state index in [4.69, 9.17) is 5.73 Å². The average molecular weight is 265 g/mol. The molecule has 0 saturated carbocycles. The average Bonchev–Trinajstić information content (AvgIpc) is 2.58. The molecule has 1 fully saturated rings. The Labute approximate surface area is 113 Å². The smallest absolute Gasteiger partial charge is 0.219 e. The highest BCUT2D eigenvalue weighted by atomic mass is 19.1. The van der Waals surface area contributed by atoms with Gasteiger partial charge in [-0.2, -0.15) is 0 Å². The van der Waals surface area contributed by atoms with Crippen LogP contribution in [0.5, 0.6) is 0 Å². The predicted octanol–water partition coefficient (Wildman–Crippen LogP) is 1.46. The lowest BCUT2D eigenvalue weighted by Gasteiger charge is -2.21. The number of amides is 1. The Balaban J connectivity index is 1.97. The molecule has 104 valence electrons. The fourth-order valence-corrected chi connectivity index (χ4v) is 2.38. The molecule has 1 aliphatic heterocycles. The van der Waals surface area contributed by atoms with Crippen LogP contribution in [0.3, 0.4) is 0 Å². The Bertz CT molecular complexity index is 464. The molecule has 0 spiro atoms. The Hall–Kier alpha value is -1.62. The van der Waals surface area contributed by atoms with Gasteiger partial charge in [-0.1, -0.05) is 6.07 Å². The molecule has 4 nitrogen and oxygen atoms in total. The van der Waals surface area contributed by atoms with E-state index in [0.717, 1.165) is 26.1 Å². The molecule has 5 heteroatoms. The number of hydrogen-bond acceptors (Lipinski definition) is 3. The van der Waals surface area contributed by atoms with Crippen molar-refractivity contribution in [3.8, 4) is 0 Å². The summed E-state index contributed by atoms with van der Waals surface area (Å²) in [5.74, 6) is -0.145. The van der Waals surface area contributed by atoms with E-state index in [1.54, 1.807) is 19.1 Å². The van der Waals surface area contributed by atoms with Gasteiger partial charge in [0.1, 0.15) is 5.82 Å². The maximum Gasteiger partial charge on any atom is 0.219 e. The lowest BCUT2D eigenvalue weighted by atomic mass is 10.1. The number of halogens is 1. The first-order valence-electron chi connectivity index (χ1n) is 6.58. The second kappa shape index (κ2) is 6.02. The monoisotopic (exact) mass is 265 g/mol. The van der Waals surface area contributed by atoms with Gasteiger partial charge in [0.25, 0.3) is 0 Å². The van der Waals surface area contributed by atoms with Crippen LogP contribution in [-0.2, 0) is 11.3 Å². The molecule has 1 aliphatic rings. The van der Waals surface area contributed by atoms with Crippen LogP contribution < -0.4 is 5.73 Å². The fourth-order valence-electron chi connectivity index (χ4n) is 2.38. The number of benzene rings is 1. The SMILES string of the molecule is CC(=O)N1CCCN(Cc2ccc(N)cc2F)CC1. The van der Waals surface area contributed by atoms with Crippen LogP contribution >= 0.6 is 0 Å². The number of carbonyl (C=O) groups excluding carboxylic acids is 1. The molecule has 2 rings (SSSR count). The van der Waals surface area contributed by atoms with Crippen molar-refractivity contribution in [2.75, 3.05) is 31.9 Å². The molecule has 0 radical (unpaired) electrons. The van der Waals surface area contributed by atoms with Gasteiger partial charge in [-0.05, 0) is 18.6 Å². The van der Waals surface area contributed by atoms with Crippen LogP contribution in [0.2, 0.25) is 0 Å². The van der Waals surface area contributed by atoms with Crippen molar-refractivity contribution in [2.45, 2.75) is 19.9 Å². The summed E-state index contributed by atoms with van der Waals surface area (Å²) in [5.41, 5.74) is 6.64. The molecule has 1 saturated heterocycles. The van der Waals surface area contributed by atoms with E-state index < -0.39 is 0 Å². The maximum absolute atomic E-state index is 13.7. The van der Waals surface area contributed by atoms with Crippen LogP contribution in [0.1, 0.15) is 18.9 Å². The molecule has 0 bridgehead atoms. The molecule has 0 atom stereocenters. The number of hydrogen-bond donors (Lipinski definition) is 1. The lowest BCUT2D eigenvalue weighted by Crippen LogP contribution is -2.33. The van der Waals surface area contributed by atoms with Crippen molar-refractivity contribution >= 4 is 11.6 Å². The molecule has 2 N–H and O–H groups in total. The minimum atomic E-state index is -0.257. The van der Waals surface area contributed by atoms with Crippen LogP contribution in [0.4, 0.5) is 10.1 Å². The van der Waals surface area contributed by atoms with Gasteiger partial charge < -0.3 is 10.6 Å². The molecular weight excluding hydrogens is 245 g/mol. The van der Waals surface area contributed by atoms with Gasteiger partial charge in [-0.25, -0.2) is 4.39 Å². The van der Waals surface area contributed by atoms with Gasteiger partial charge in [-0.15, -0.1) is 0 Å². The second-order valence-electron chi connectivity index (χ2n) is 4.99. The Kier molecular flexibility index (Phi) is 4.37. The first-order chi connectivity index (χ1) is 9.06. The fraction of sp³-hybridized carbons (Fsp3) is 0.500. The molecule has 0 aliphatic carbocycles. The van der Waals surface area contributed by atoms with E-state index in [1.807, 2.05) is 4.90 Å². The summed E-state index contributed by atoms with van der Waals surface area (Å²) < 4.78 is 13.7. The molecular formula is C14H20FN3O. The summed E-state index contributed by atoms with van der Waals surface area (Å²) in [7, 11) is 0. The molecule has 1 aromatic rings. The Morgan fingerprint density at radius 1 is 1.32 bits per heavy atom. The van der Waals surface area contributed by atoms with Crippen molar-refractivity contribution < 1.29 is 9.18 Å². The van der Waals surface area contributed by atoms with Crippen LogP contribution in [-0.4, -0.2) is 41.9 Å². The maximum atomic E-state index is 13.7. The molecule has 0 unspecified atom stereocenters. The summed E-state index contributed by atoms with van der Waals surface area (Å²) >= 11 is 0. The molecule has 19 heavy (non-hydrogen) atoms. The number of nitrogens with two attached hydrogens (primary N) is 1. The van der Waals surface area contributed by atoms with E-state index in [-0.39, 0.29) is 11.7 Å². The zero-order chi connectivity index (χ0) is 13.8. The zero-order valence-electron chi connectivity index (χ0n) is 11.2. The summed E-state index contributed by atoms with van der Waals surface area (Å²) in [6.07, 6.45) is 0.927. The van der Waals surface area contributed by atoms with Crippen LogP contribution in [0.15, 0.2) is 18.2 Å². The quantitative estimate of drug-likeness (QED) is 0.824. The Morgan fingerprint density at radius 2 is 2.11 bits per heavy atom. The van der Waals surface area contributed by atoms with Gasteiger partial charge in [0.15, 0.2) is 0 Å². The first kappa shape index (κ1) is 13.8. The molecule has 0 aromatic heterocycles. The van der Waals surface area contributed by atoms with Crippen molar-refractivity contribution in [3.63, 3.8) is 0 Å². The Morgan fingerprint density at radius 3 is 2.79 bits per heavy atom. The highest BCUT2D eigenvalue weighted by Crippen LogP contribution is 2.15. The number of carbonyl (C=O) groups is 1. The molecule has 1 amide bonds. The minimum Gasteiger partial charge on any atom is -0.399 e. The van der Waals surface area contributed by atoms with Crippen molar-refractivity contribution in [2.24, 2.45) is 0 Å².